The number of anilines is 1. The molecule has 1 aliphatic rings. The van der Waals surface area contributed by atoms with E-state index in [2.05, 4.69) is 22.3 Å². The molecular formula is C33H35F2N5O4. The predicted octanol–water partition coefficient (Wildman–Crippen LogP) is 4.02. The second-order valence-corrected chi connectivity index (χ2v) is 10.9. The van der Waals surface area contributed by atoms with Gasteiger partial charge < -0.3 is 15.3 Å². The minimum absolute atomic E-state index is 0.256. The summed E-state index contributed by atoms with van der Waals surface area (Å²) >= 11 is 0. The molecule has 230 valence electrons. The molecule has 11 heteroatoms. The summed E-state index contributed by atoms with van der Waals surface area (Å²) in [6, 6.07) is 21.4. The van der Waals surface area contributed by atoms with Crippen LogP contribution in [-0.4, -0.2) is 58.0 Å². The number of rotatable bonds is 10. The molecule has 3 aromatic carbocycles. The molecule has 0 bridgehead atoms. The lowest BCUT2D eigenvalue weighted by atomic mass is 10.1. The number of nitrogens with one attached hydrogen (secondary N) is 1. The van der Waals surface area contributed by atoms with Gasteiger partial charge in [0.2, 0.25) is 0 Å². The average molecular weight is 604 g/mol. The Morgan fingerprint density at radius 3 is 2.09 bits per heavy atom. The van der Waals surface area contributed by atoms with E-state index < -0.39 is 41.6 Å². The van der Waals surface area contributed by atoms with Crippen LogP contribution in [0.1, 0.15) is 28.4 Å². The molecule has 1 aliphatic heterocycles. The Bertz CT molecular complexity index is 1700. The molecule has 2 N–H and O–H groups in total. The lowest BCUT2D eigenvalue weighted by Gasteiger charge is -2.37. The van der Waals surface area contributed by atoms with E-state index in [1.165, 1.54) is 16.2 Å². The van der Waals surface area contributed by atoms with E-state index in [1.807, 2.05) is 23.1 Å². The second kappa shape index (κ2) is 13.7. The maximum atomic E-state index is 14.7. The number of halogens is 2. The predicted molar refractivity (Wildman–Crippen MR) is 164 cm³/mol. The molecule has 2 heterocycles. The molecule has 1 aromatic heterocycles. The van der Waals surface area contributed by atoms with Crippen molar-refractivity contribution >= 4 is 11.8 Å². The topological polar surface area (TPSA) is 99.8 Å². The van der Waals surface area contributed by atoms with E-state index in [0.29, 0.717) is 37.4 Å². The number of piperazine rings is 1. The van der Waals surface area contributed by atoms with Crippen molar-refractivity contribution in [3.05, 3.63) is 134 Å². The maximum Gasteiger partial charge on any atom is 0.405 e. The Balaban J connectivity index is 1.51. The number of carbonyl (C=O) groups is 1. The average Bonchev–Trinajstić information content (AvgIpc) is 3.02. The van der Waals surface area contributed by atoms with Gasteiger partial charge in [0, 0.05) is 44.0 Å². The fourth-order valence-electron chi connectivity index (χ4n) is 5.72. The molecule has 4 aromatic rings. The maximum absolute atomic E-state index is 14.7. The summed E-state index contributed by atoms with van der Waals surface area (Å²) in [5.74, 6) is -1.62. The van der Waals surface area contributed by atoms with Gasteiger partial charge in [0.25, 0.3) is 5.56 Å². The van der Waals surface area contributed by atoms with Gasteiger partial charge in [-0.05, 0) is 36.6 Å². The molecule has 1 amide bonds. The van der Waals surface area contributed by atoms with Gasteiger partial charge in [-0.2, -0.15) is 0 Å². The monoisotopic (exact) mass is 603 g/mol. The summed E-state index contributed by atoms with van der Waals surface area (Å²) in [5, 5.41) is 11.9. The number of aromatic nitrogens is 2. The minimum atomic E-state index is -1.32. The molecular weight excluding hydrogens is 568 g/mol. The van der Waals surface area contributed by atoms with Gasteiger partial charge in [0.05, 0.1) is 19.1 Å². The molecule has 1 atom stereocenters. The summed E-state index contributed by atoms with van der Waals surface area (Å²) in [4.78, 5) is 43.8. The largest absolute Gasteiger partial charge is 0.465 e. The van der Waals surface area contributed by atoms with Crippen LogP contribution in [0.15, 0.2) is 88.5 Å². The van der Waals surface area contributed by atoms with Crippen molar-refractivity contribution in [2.24, 2.45) is 0 Å². The molecule has 1 fully saturated rings. The lowest BCUT2D eigenvalue weighted by molar-refractivity contribution is 0.188. The number of amides is 1. The molecule has 9 nitrogen and oxygen atoms in total. The van der Waals surface area contributed by atoms with Gasteiger partial charge >= 0.3 is 11.8 Å². The molecule has 44 heavy (non-hydrogen) atoms. The van der Waals surface area contributed by atoms with Crippen molar-refractivity contribution in [2.75, 3.05) is 37.6 Å². The van der Waals surface area contributed by atoms with Crippen molar-refractivity contribution in [3.63, 3.8) is 0 Å². The molecule has 0 spiro atoms. The van der Waals surface area contributed by atoms with E-state index in [9.17, 15) is 28.3 Å². The zero-order valence-electron chi connectivity index (χ0n) is 24.5. The Labute approximate surface area is 253 Å². The van der Waals surface area contributed by atoms with E-state index >= 15 is 0 Å². The fraction of sp³-hybridized carbons (Fsp3) is 0.303. The highest BCUT2D eigenvalue weighted by atomic mass is 19.1. The van der Waals surface area contributed by atoms with Crippen molar-refractivity contribution in [1.82, 2.24) is 19.4 Å². The highest BCUT2D eigenvalue weighted by Crippen LogP contribution is 2.21. The summed E-state index contributed by atoms with van der Waals surface area (Å²) in [7, 11) is 0. The summed E-state index contributed by atoms with van der Waals surface area (Å²) < 4.78 is 31.6. The van der Waals surface area contributed by atoms with Crippen LogP contribution in [0.4, 0.5) is 19.3 Å². The summed E-state index contributed by atoms with van der Waals surface area (Å²) in [6.45, 7) is 4.09. The number of nitrogens with zero attached hydrogens (tertiary/aromatic N) is 4. The van der Waals surface area contributed by atoms with Gasteiger partial charge in [-0.1, -0.05) is 66.7 Å². The van der Waals surface area contributed by atoms with Gasteiger partial charge in [0.1, 0.15) is 17.3 Å². The Kier molecular flexibility index (Phi) is 9.54. The summed E-state index contributed by atoms with van der Waals surface area (Å²) in [5.41, 5.74) is 0.677. The zero-order valence-corrected chi connectivity index (χ0v) is 24.5. The first-order valence-corrected chi connectivity index (χ1v) is 14.6. The van der Waals surface area contributed by atoms with Crippen LogP contribution < -0.4 is 21.5 Å². The standard InChI is InChI=1S/C33H35F2N5O4/c1-23-30(38-19-17-37(18-20-38)16-15-24-9-4-2-5-10-24)31(41)40(22-29(36-32(42)43)25-11-6-3-7-12-25)33(44)39(23)21-26-27(34)13-8-14-28(26)35/h2-14,29,36H,15-22H2,1H3,(H,42,43)/t29-/m0/s1. The van der Waals surface area contributed by atoms with Crippen LogP contribution in [0.5, 0.6) is 0 Å². The highest BCUT2D eigenvalue weighted by molar-refractivity contribution is 5.65. The molecule has 0 unspecified atom stereocenters. The Hall–Kier alpha value is -4.77. The zero-order chi connectivity index (χ0) is 31.2. The van der Waals surface area contributed by atoms with Gasteiger partial charge in [-0.25, -0.2) is 18.4 Å². The molecule has 0 saturated carbocycles. The minimum Gasteiger partial charge on any atom is -0.465 e. The fourth-order valence-corrected chi connectivity index (χ4v) is 5.72. The van der Waals surface area contributed by atoms with Crippen molar-refractivity contribution in [2.45, 2.75) is 32.5 Å². The summed E-state index contributed by atoms with van der Waals surface area (Å²) in [6.07, 6.45) is -0.428. The molecule has 0 aliphatic carbocycles. The van der Waals surface area contributed by atoms with Crippen LogP contribution in [0.2, 0.25) is 0 Å². The second-order valence-electron chi connectivity index (χ2n) is 10.9. The SMILES string of the molecule is Cc1c(N2CCN(CCc3ccccc3)CC2)c(=O)n(C[C@H](NC(=O)O)c2ccccc2)c(=O)n1Cc1c(F)cccc1F. The van der Waals surface area contributed by atoms with E-state index in [4.69, 9.17) is 0 Å². The highest BCUT2D eigenvalue weighted by Gasteiger charge is 2.27. The quantitative estimate of drug-likeness (QED) is 0.284. The van der Waals surface area contributed by atoms with Gasteiger partial charge in [-0.3, -0.25) is 18.8 Å². The van der Waals surface area contributed by atoms with Gasteiger partial charge in [0.15, 0.2) is 0 Å². The van der Waals surface area contributed by atoms with Crippen LogP contribution in [0, 0.1) is 18.6 Å². The van der Waals surface area contributed by atoms with Crippen molar-refractivity contribution < 1.29 is 18.7 Å². The smallest absolute Gasteiger partial charge is 0.405 e. The Morgan fingerprint density at radius 2 is 1.48 bits per heavy atom. The van der Waals surface area contributed by atoms with E-state index in [1.54, 1.807) is 37.3 Å². The third-order valence-electron chi connectivity index (χ3n) is 8.15. The van der Waals surface area contributed by atoms with Crippen molar-refractivity contribution in [1.29, 1.82) is 0 Å². The van der Waals surface area contributed by atoms with Crippen LogP contribution in [-0.2, 0) is 19.5 Å². The third kappa shape index (κ3) is 6.89. The van der Waals surface area contributed by atoms with Crippen LogP contribution in [0.25, 0.3) is 0 Å². The first-order valence-electron chi connectivity index (χ1n) is 14.6. The molecule has 0 radical (unpaired) electrons. The first-order chi connectivity index (χ1) is 21.2. The third-order valence-corrected chi connectivity index (χ3v) is 8.15. The van der Waals surface area contributed by atoms with E-state index in [0.717, 1.165) is 29.7 Å². The normalized spacial score (nSPS) is 14.4. The lowest BCUT2D eigenvalue weighted by Crippen LogP contribution is -2.52. The molecule has 1 saturated heterocycles. The van der Waals surface area contributed by atoms with E-state index in [-0.39, 0.29) is 17.8 Å². The number of benzene rings is 3. The first kappa shape index (κ1) is 30.7. The Morgan fingerprint density at radius 1 is 0.864 bits per heavy atom. The van der Waals surface area contributed by atoms with Gasteiger partial charge in [-0.15, -0.1) is 0 Å². The molecule has 5 rings (SSSR count). The van der Waals surface area contributed by atoms with Crippen LogP contribution >= 0.6 is 0 Å². The number of hydrogen-bond acceptors (Lipinski definition) is 5. The number of hydrogen-bond donors (Lipinski definition) is 2. The number of carboxylic acid groups (broad SMARTS) is 1. The van der Waals surface area contributed by atoms with Crippen LogP contribution in [0.3, 0.4) is 0 Å². The van der Waals surface area contributed by atoms with Crippen molar-refractivity contribution in [3.8, 4) is 0 Å².